The molecule has 3 aromatic rings. The molecule has 0 amide bonds. The third-order valence-corrected chi connectivity index (χ3v) is 4.31. The van der Waals surface area contributed by atoms with E-state index in [0.717, 1.165) is 22.6 Å². The standard InChI is InChI=1S/C16H11Cl3N2/c1-10-7-15(11-8-13(17)16(19)14(18)9-11)21(20-10)12-5-3-2-4-6-12/h2-9H,1H3. The highest BCUT2D eigenvalue weighted by atomic mass is 35.5. The molecule has 21 heavy (non-hydrogen) atoms. The topological polar surface area (TPSA) is 17.8 Å². The summed E-state index contributed by atoms with van der Waals surface area (Å²) >= 11 is 18.3. The van der Waals surface area contributed by atoms with E-state index in [4.69, 9.17) is 34.8 Å². The average Bonchev–Trinajstić information content (AvgIpc) is 2.87. The number of aromatic nitrogens is 2. The zero-order chi connectivity index (χ0) is 15.0. The molecule has 0 aliphatic carbocycles. The van der Waals surface area contributed by atoms with Gasteiger partial charge in [0.15, 0.2) is 0 Å². The molecule has 3 rings (SSSR count). The molecule has 1 heterocycles. The van der Waals surface area contributed by atoms with Gasteiger partial charge >= 0.3 is 0 Å². The van der Waals surface area contributed by atoms with Gasteiger partial charge in [-0.25, -0.2) is 4.68 Å². The Kier molecular flexibility index (Phi) is 3.94. The molecule has 0 spiro atoms. The minimum absolute atomic E-state index is 0.365. The largest absolute Gasteiger partial charge is 0.233 e. The van der Waals surface area contributed by atoms with Crippen LogP contribution in [0.4, 0.5) is 0 Å². The maximum Gasteiger partial charge on any atom is 0.0778 e. The molecule has 0 atom stereocenters. The van der Waals surface area contributed by atoms with E-state index in [1.165, 1.54) is 0 Å². The van der Waals surface area contributed by atoms with E-state index in [2.05, 4.69) is 5.10 Å². The molecule has 106 valence electrons. The van der Waals surface area contributed by atoms with Crippen LogP contribution in [-0.4, -0.2) is 9.78 Å². The van der Waals surface area contributed by atoms with Gasteiger partial charge in [-0.05, 0) is 37.3 Å². The number of hydrogen-bond acceptors (Lipinski definition) is 1. The maximum absolute atomic E-state index is 6.13. The smallest absolute Gasteiger partial charge is 0.0778 e. The van der Waals surface area contributed by atoms with Crippen molar-refractivity contribution >= 4 is 34.8 Å². The number of aryl methyl sites for hydroxylation is 1. The Bertz CT molecular complexity index is 772. The van der Waals surface area contributed by atoms with E-state index in [0.29, 0.717) is 15.1 Å². The minimum atomic E-state index is 0.365. The normalized spacial score (nSPS) is 10.9. The first-order chi connectivity index (χ1) is 10.1. The first-order valence-electron chi connectivity index (χ1n) is 6.33. The summed E-state index contributed by atoms with van der Waals surface area (Å²) in [6.07, 6.45) is 0. The highest BCUT2D eigenvalue weighted by Crippen LogP contribution is 2.35. The van der Waals surface area contributed by atoms with E-state index < -0.39 is 0 Å². The second-order valence-corrected chi connectivity index (χ2v) is 5.86. The van der Waals surface area contributed by atoms with E-state index in [9.17, 15) is 0 Å². The molecular weight excluding hydrogens is 327 g/mol. The Morgan fingerprint density at radius 2 is 1.52 bits per heavy atom. The number of hydrogen-bond donors (Lipinski definition) is 0. The molecule has 0 aliphatic rings. The molecule has 2 nitrogen and oxygen atoms in total. The Morgan fingerprint density at radius 1 is 0.905 bits per heavy atom. The SMILES string of the molecule is Cc1cc(-c2cc(Cl)c(Cl)c(Cl)c2)n(-c2ccccc2)n1. The number of rotatable bonds is 2. The van der Waals surface area contributed by atoms with Gasteiger partial charge in [0.25, 0.3) is 0 Å². The van der Waals surface area contributed by atoms with Gasteiger partial charge in [0.1, 0.15) is 0 Å². The van der Waals surface area contributed by atoms with Crippen molar-refractivity contribution < 1.29 is 0 Å². The van der Waals surface area contributed by atoms with E-state index in [1.54, 1.807) is 12.1 Å². The third kappa shape index (κ3) is 2.80. The summed E-state index contributed by atoms with van der Waals surface area (Å²) in [5, 5.41) is 5.76. The lowest BCUT2D eigenvalue weighted by Gasteiger charge is -2.09. The van der Waals surface area contributed by atoms with Gasteiger partial charge in [0, 0.05) is 5.56 Å². The van der Waals surface area contributed by atoms with Crippen LogP contribution in [0.5, 0.6) is 0 Å². The predicted molar refractivity (Wildman–Crippen MR) is 88.8 cm³/mol. The zero-order valence-corrected chi connectivity index (χ0v) is 13.4. The van der Waals surface area contributed by atoms with Crippen molar-refractivity contribution in [3.8, 4) is 16.9 Å². The van der Waals surface area contributed by atoms with Crippen LogP contribution < -0.4 is 0 Å². The van der Waals surface area contributed by atoms with Crippen LogP contribution in [0.3, 0.4) is 0 Å². The molecule has 5 heteroatoms. The molecule has 0 aliphatic heterocycles. The summed E-state index contributed by atoms with van der Waals surface area (Å²) in [7, 11) is 0. The van der Waals surface area contributed by atoms with Crippen molar-refractivity contribution in [2.24, 2.45) is 0 Å². The van der Waals surface area contributed by atoms with E-state index >= 15 is 0 Å². The number of nitrogens with zero attached hydrogens (tertiary/aromatic N) is 2. The summed E-state index contributed by atoms with van der Waals surface area (Å²) in [4.78, 5) is 0. The first kappa shape index (κ1) is 14.5. The van der Waals surface area contributed by atoms with Crippen LogP contribution in [-0.2, 0) is 0 Å². The predicted octanol–water partition coefficient (Wildman–Crippen LogP) is 5.81. The molecular formula is C16H11Cl3N2. The van der Waals surface area contributed by atoms with E-state index in [-0.39, 0.29) is 0 Å². The highest BCUT2D eigenvalue weighted by Gasteiger charge is 2.13. The first-order valence-corrected chi connectivity index (χ1v) is 7.46. The quantitative estimate of drug-likeness (QED) is 0.540. The van der Waals surface area contributed by atoms with Crippen molar-refractivity contribution in [2.75, 3.05) is 0 Å². The second-order valence-electron chi connectivity index (χ2n) is 4.67. The fourth-order valence-corrected chi connectivity index (χ4v) is 2.77. The van der Waals surface area contributed by atoms with Crippen LogP contribution in [0.1, 0.15) is 5.69 Å². The average molecular weight is 338 g/mol. The number of halogens is 3. The third-order valence-electron chi connectivity index (χ3n) is 3.11. The fourth-order valence-electron chi connectivity index (χ4n) is 2.17. The van der Waals surface area contributed by atoms with Crippen molar-refractivity contribution in [1.82, 2.24) is 9.78 Å². The summed E-state index contributed by atoms with van der Waals surface area (Å²) in [5.74, 6) is 0. The van der Waals surface area contributed by atoms with Gasteiger partial charge in [-0.1, -0.05) is 53.0 Å². The molecule has 0 fully saturated rings. The van der Waals surface area contributed by atoms with Crippen molar-refractivity contribution in [3.05, 3.63) is 69.3 Å². The Labute approximate surface area is 137 Å². The molecule has 0 saturated heterocycles. The maximum atomic E-state index is 6.13. The van der Waals surface area contributed by atoms with Gasteiger partial charge in [-0.3, -0.25) is 0 Å². The summed E-state index contributed by atoms with van der Waals surface area (Å²) in [5.41, 5.74) is 3.68. The fraction of sp³-hybridized carbons (Fsp3) is 0.0625. The van der Waals surface area contributed by atoms with Gasteiger partial charge in [0.05, 0.1) is 32.1 Å². The molecule has 0 unspecified atom stereocenters. The highest BCUT2D eigenvalue weighted by molar-refractivity contribution is 6.48. The molecule has 0 N–H and O–H groups in total. The summed E-state index contributed by atoms with van der Waals surface area (Å²) in [6.45, 7) is 1.95. The van der Waals surface area contributed by atoms with Gasteiger partial charge < -0.3 is 0 Å². The van der Waals surface area contributed by atoms with Gasteiger partial charge in [-0.15, -0.1) is 0 Å². The zero-order valence-electron chi connectivity index (χ0n) is 11.1. The lowest BCUT2D eigenvalue weighted by atomic mass is 10.1. The molecule has 2 aromatic carbocycles. The summed E-state index contributed by atoms with van der Waals surface area (Å²) in [6, 6.07) is 15.5. The Morgan fingerprint density at radius 3 is 2.14 bits per heavy atom. The van der Waals surface area contributed by atoms with Crippen LogP contribution in [0.15, 0.2) is 48.5 Å². The van der Waals surface area contributed by atoms with Gasteiger partial charge in [-0.2, -0.15) is 5.10 Å². The van der Waals surface area contributed by atoms with Gasteiger partial charge in [0.2, 0.25) is 0 Å². The molecule has 0 radical (unpaired) electrons. The lowest BCUT2D eigenvalue weighted by Crippen LogP contribution is -1.99. The van der Waals surface area contributed by atoms with Crippen molar-refractivity contribution in [2.45, 2.75) is 6.92 Å². The number of benzene rings is 2. The van der Waals surface area contributed by atoms with Crippen LogP contribution >= 0.6 is 34.8 Å². The van der Waals surface area contributed by atoms with Crippen LogP contribution in [0.25, 0.3) is 16.9 Å². The van der Waals surface area contributed by atoms with Crippen molar-refractivity contribution in [3.63, 3.8) is 0 Å². The van der Waals surface area contributed by atoms with Crippen LogP contribution in [0.2, 0.25) is 15.1 Å². The molecule has 0 bridgehead atoms. The second kappa shape index (κ2) is 5.72. The summed E-state index contributed by atoms with van der Waals surface area (Å²) < 4.78 is 1.87. The lowest BCUT2D eigenvalue weighted by molar-refractivity contribution is 0.869. The monoisotopic (exact) mass is 336 g/mol. The molecule has 1 aromatic heterocycles. The Balaban J connectivity index is 2.20. The van der Waals surface area contributed by atoms with E-state index in [1.807, 2.05) is 48.0 Å². The number of para-hydroxylation sites is 1. The van der Waals surface area contributed by atoms with Crippen molar-refractivity contribution in [1.29, 1.82) is 0 Å². The van der Waals surface area contributed by atoms with Crippen LogP contribution in [0, 0.1) is 6.92 Å². The molecule has 0 saturated carbocycles. The minimum Gasteiger partial charge on any atom is -0.233 e. The Hall–Kier alpha value is -1.48.